The Morgan fingerprint density at radius 2 is 1.81 bits per heavy atom. The number of halogens is 1. The SMILES string of the molecule is O=C(Cc1ccc(Cl)cc1)N1CC2(C1)C(CN1CCCC1)CCS2(=O)=O. The van der Waals surface area contributed by atoms with Crippen LogP contribution in [0.2, 0.25) is 5.02 Å². The number of sulfone groups is 1. The fourth-order valence-electron chi connectivity index (χ4n) is 4.67. The van der Waals surface area contributed by atoms with Crippen molar-refractivity contribution in [2.75, 3.05) is 38.5 Å². The van der Waals surface area contributed by atoms with Crippen molar-refractivity contribution in [3.8, 4) is 0 Å². The second kappa shape index (κ2) is 6.80. The van der Waals surface area contributed by atoms with Crippen molar-refractivity contribution in [3.63, 3.8) is 0 Å². The van der Waals surface area contributed by atoms with Crippen molar-refractivity contribution < 1.29 is 13.2 Å². The van der Waals surface area contributed by atoms with Gasteiger partial charge < -0.3 is 9.80 Å². The van der Waals surface area contributed by atoms with Crippen LogP contribution in [0.15, 0.2) is 24.3 Å². The Hall–Kier alpha value is -1.11. The number of carbonyl (C=O) groups excluding carboxylic acids is 1. The molecular formula is C19H25ClN2O3S. The summed E-state index contributed by atoms with van der Waals surface area (Å²) in [5.41, 5.74) is 0.906. The second-order valence-corrected chi connectivity index (χ2v) is 10.8. The highest BCUT2D eigenvalue weighted by Gasteiger charge is 2.62. The summed E-state index contributed by atoms with van der Waals surface area (Å²) >= 11 is 5.88. The molecular weight excluding hydrogens is 372 g/mol. The lowest BCUT2D eigenvalue weighted by Gasteiger charge is -2.50. The first-order chi connectivity index (χ1) is 12.4. The molecule has 1 atom stereocenters. The summed E-state index contributed by atoms with van der Waals surface area (Å²) in [5, 5.41) is 0.644. The number of amides is 1. The topological polar surface area (TPSA) is 57.7 Å². The number of likely N-dealkylation sites (tertiary alicyclic amines) is 2. The highest BCUT2D eigenvalue weighted by molar-refractivity contribution is 7.93. The molecule has 0 N–H and O–H groups in total. The van der Waals surface area contributed by atoms with Crippen molar-refractivity contribution in [1.29, 1.82) is 0 Å². The van der Waals surface area contributed by atoms with Crippen LogP contribution in [0.1, 0.15) is 24.8 Å². The van der Waals surface area contributed by atoms with Crippen LogP contribution in [0.4, 0.5) is 0 Å². The quantitative estimate of drug-likeness (QED) is 0.781. The highest BCUT2D eigenvalue weighted by atomic mass is 35.5. The molecule has 5 nitrogen and oxygen atoms in total. The van der Waals surface area contributed by atoms with Crippen LogP contribution in [0, 0.1) is 5.92 Å². The second-order valence-electron chi connectivity index (χ2n) is 7.93. The molecule has 26 heavy (non-hydrogen) atoms. The lowest BCUT2D eigenvalue weighted by atomic mass is 9.82. The van der Waals surface area contributed by atoms with E-state index in [0.717, 1.165) is 31.6 Å². The van der Waals surface area contributed by atoms with Crippen molar-refractivity contribution in [3.05, 3.63) is 34.9 Å². The third-order valence-electron chi connectivity index (χ3n) is 6.31. The molecule has 3 aliphatic rings. The molecule has 0 aliphatic carbocycles. The molecule has 7 heteroatoms. The van der Waals surface area contributed by atoms with Crippen LogP contribution in [0.3, 0.4) is 0 Å². The Morgan fingerprint density at radius 3 is 2.46 bits per heavy atom. The van der Waals surface area contributed by atoms with Crippen LogP contribution in [0.5, 0.6) is 0 Å². The van der Waals surface area contributed by atoms with Crippen molar-refractivity contribution in [2.24, 2.45) is 5.92 Å². The molecule has 0 radical (unpaired) electrons. The minimum Gasteiger partial charge on any atom is -0.339 e. The predicted octanol–water partition coefficient (Wildman–Crippen LogP) is 1.99. The van der Waals surface area contributed by atoms with Gasteiger partial charge in [-0.25, -0.2) is 8.42 Å². The standard InChI is InChI=1S/C19H25ClN2O3S/c20-17-5-3-15(4-6-17)11-18(23)22-13-19(14-22)16(7-10-26(19,24)25)12-21-8-1-2-9-21/h3-6,16H,1-2,7-14H2. The molecule has 3 aliphatic heterocycles. The van der Waals surface area contributed by atoms with Gasteiger partial charge in [-0.1, -0.05) is 23.7 Å². The Bertz CT molecular complexity index is 782. The van der Waals surface area contributed by atoms with E-state index in [9.17, 15) is 13.2 Å². The largest absolute Gasteiger partial charge is 0.339 e. The molecule has 3 saturated heterocycles. The summed E-state index contributed by atoms with van der Waals surface area (Å²) in [7, 11) is -3.12. The summed E-state index contributed by atoms with van der Waals surface area (Å²) in [6.07, 6.45) is 3.44. The minimum atomic E-state index is -3.12. The number of rotatable bonds is 4. The smallest absolute Gasteiger partial charge is 0.227 e. The van der Waals surface area contributed by atoms with E-state index < -0.39 is 14.6 Å². The Balaban J connectivity index is 1.42. The van der Waals surface area contributed by atoms with Gasteiger partial charge in [-0.15, -0.1) is 0 Å². The van der Waals surface area contributed by atoms with E-state index in [4.69, 9.17) is 11.6 Å². The maximum absolute atomic E-state index is 12.7. The first kappa shape index (κ1) is 18.3. The van der Waals surface area contributed by atoms with Gasteiger partial charge in [-0.05, 0) is 56.0 Å². The molecule has 1 aromatic rings. The summed E-state index contributed by atoms with van der Waals surface area (Å²) < 4.78 is 24.8. The molecule has 3 heterocycles. The van der Waals surface area contributed by atoms with E-state index in [1.807, 2.05) is 12.1 Å². The van der Waals surface area contributed by atoms with Crippen molar-refractivity contribution in [1.82, 2.24) is 9.80 Å². The van der Waals surface area contributed by atoms with Crippen LogP contribution in [-0.2, 0) is 21.1 Å². The van der Waals surface area contributed by atoms with Gasteiger partial charge in [0.15, 0.2) is 9.84 Å². The van der Waals surface area contributed by atoms with Gasteiger partial charge in [-0.2, -0.15) is 0 Å². The van der Waals surface area contributed by atoms with E-state index in [2.05, 4.69) is 4.90 Å². The van der Waals surface area contributed by atoms with E-state index in [1.54, 1.807) is 17.0 Å². The molecule has 1 spiro atoms. The van der Waals surface area contributed by atoms with Gasteiger partial charge in [0.1, 0.15) is 4.75 Å². The van der Waals surface area contributed by atoms with Gasteiger partial charge in [0.2, 0.25) is 5.91 Å². The molecule has 1 amide bonds. The highest BCUT2D eigenvalue weighted by Crippen LogP contribution is 2.45. The van der Waals surface area contributed by atoms with Crippen LogP contribution in [-0.4, -0.2) is 67.3 Å². The zero-order valence-corrected chi connectivity index (χ0v) is 16.4. The lowest BCUT2D eigenvalue weighted by molar-refractivity contribution is -0.136. The van der Waals surface area contributed by atoms with Gasteiger partial charge in [0, 0.05) is 24.7 Å². The van der Waals surface area contributed by atoms with Crippen LogP contribution in [0.25, 0.3) is 0 Å². The Labute approximate surface area is 160 Å². The predicted molar refractivity (Wildman–Crippen MR) is 102 cm³/mol. The van der Waals surface area contributed by atoms with E-state index in [0.29, 0.717) is 24.5 Å². The first-order valence-electron chi connectivity index (χ1n) is 9.36. The van der Waals surface area contributed by atoms with Gasteiger partial charge in [0.05, 0.1) is 12.2 Å². The molecule has 0 aromatic heterocycles. The molecule has 0 bridgehead atoms. The zero-order chi connectivity index (χ0) is 18.4. The number of carbonyl (C=O) groups is 1. The maximum Gasteiger partial charge on any atom is 0.227 e. The summed E-state index contributed by atoms with van der Waals surface area (Å²) in [6.45, 7) is 3.73. The average Bonchev–Trinajstić information content (AvgIpc) is 3.14. The average molecular weight is 397 g/mol. The van der Waals surface area contributed by atoms with Crippen LogP contribution < -0.4 is 0 Å². The molecule has 1 unspecified atom stereocenters. The third kappa shape index (κ3) is 3.16. The lowest BCUT2D eigenvalue weighted by Crippen LogP contribution is -2.69. The molecule has 1 aromatic carbocycles. The number of hydrogen-bond donors (Lipinski definition) is 0. The normalized spacial score (nSPS) is 27.0. The number of benzene rings is 1. The van der Waals surface area contributed by atoms with Gasteiger partial charge in [-0.3, -0.25) is 4.79 Å². The van der Waals surface area contributed by atoms with Gasteiger partial charge >= 0.3 is 0 Å². The first-order valence-corrected chi connectivity index (χ1v) is 11.4. The monoisotopic (exact) mass is 396 g/mol. The molecule has 0 saturated carbocycles. The molecule has 142 valence electrons. The van der Waals surface area contributed by atoms with E-state index in [1.165, 1.54) is 12.8 Å². The van der Waals surface area contributed by atoms with Crippen molar-refractivity contribution >= 4 is 27.3 Å². The fourth-order valence-corrected chi connectivity index (χ4v) is 7.20. The minimum absolute atomic E-state index is 0.0000278. The van der Waals surface area contributed by atoms with E-state index >= 15 is 0 Å². The van der Waals surface area contributed by atoms with Crippen LogP contribution >= 0.6 is 11.6 Å². The molecule has 3 fully saturated rings. The number of hydrogen-bond acceptors (Lipinski definition) is 4. The Morgan fingerprint density at radius 1 is 1.15 bits per heavy atom. The summed E-state index contributed by atoms with van der Waals surface area (Å²) in [6, 6.07) is 7.24. The zero-order valence-electron chi connectivity index (χ0n) is 14.9. The van der Waals surface area contributed by atoms with Gasteiger partial charge in [0.25, 0.3) is 0 Å². The number of nitrogens with zero attached hydrogens (tertiary/aromatic N) is 2. The fraction of sp³-hybridized carbons (Fsp3) is 0.632. The van der Waals surface area contributed by atoms with Crippen molar-refractivity contribution in [2.45, 2.75) is 30.4 Å². The maximum atomic E-state index is 12.7. The Kier molecular flexibility index (Phi) is 4.78. The third-order valence-corrected chi connectivity index (χ3v) is 9.17. The summed E-state index contributed by atoms with van der Waals surface area (Å²) in [5.74, 6) is 0.426. The molecule has 4 rings (SSSR count). The summed E-state index contributed by atoms with van der Waals surface area (Å²) in [4.78, 5) is 16.7. The van der Waals surface area contributed by atoms with E-state index in [-0.39, 0.29) is 17.6 Å².